The smallest absolute Gasteiger partial charge is 0.264 e. The summed E-state index contributed by atoms with van der Waals surface area (Å²) in [6.45, 7) is 0. The van der Waals surface area contributed by atoms with Crippen LogP contribution in [0.25, 0.3) is 0 Å². The highest BCUT2D eigenvalue weighted by molar-refractivity contribution is 9.10. The molecule has 0 spiro atoms. The van der Waals surface area contributed by atoms with E-state index in [1.807, 2.05) is 0 Å². The lowest BCUT2D eigenvalue weighted by Crippen LogP contribution is -2.15. The largest absolute Gasteiger partial charge is 0.398 e. The van der Waals surface area contributed by atoms with E-state index < -0.39 is 10.0 Å². The van der Waals surface area contributed by atoms with Gasteiger partial charge < -0.3 is 5.73 Å². The Labute approximate surface area is 145 Å². The number of benzene rings is 2. The fourth-order valence-electron chi connectivity index (χ4n) is 1.59. The van der Waals surface area contributed by atoms with Crippen LogP contribution < -0.4 is 10.5 Å². The molecule has 9 heteroatoms. The minimum atomic E-state index is -3.94. The van der Waals surface area contributed by atoms with E-state index in [4.69, 9.17) is 40.5 Å². The third kappa shape index (κ3) is 3.76. The number of sulfonamides is 1. The van der Waals surface area contributed by atoms with Crippen molar-refractivity contribution in [2.24, 2.45) is 0 Å². The molecule has 21 heavy (non-hydrogen) atoms. The second kappa shape index (κ2) is 6.22. The van der Waals surface area contributed by atoms with E-state index in [2.05, 4.69) is 20.7 Å². The van der Waals surface area contributed by atoms with Gasteiger partial charge >= 0.3 is 0 Å². The number of hydrogen-bond acceptors (Lipinski definition) is 3. The first-order chi connectivity index (χ1) is 9.70. The van der Waals surface area contributed by atoms with Crippen molar-refractivity contribution in [1.82, 2.24) is 0 Å². The normalized spacial score (nSPS) is 11.4. The van der Waals surface area contributed by atoms with Gasteiger partial charge in [-0.2, -0.15) is 0 Å². The van der Waals surface area contributed by atoms with Gasteiger partial charge in [-0.05, 0) is 30.3 Å². The summed E-state index contributed by atoms with van der Waals surface area (Å²) in [7, 11) is -3.94. The third-order valence-electron chi connectivity index (χ3n) is 2.50. The zero-order chi connectivity index (χ0) is 15.8. The molecule has 0 aromatic heterocycles. The van der Waals surface area contributed by atoms with Gasteiger partial charge in [0, 0.05) is 9.50 Å². The van der Waals surface area contributed by atoms with Crippen LogP contribution in [0.3, 0.4) is 0 Å². The van der Waals surface area contributed by atoms with Crippen molar-refractivity contribution in [2.75, 3.05) is 10.5 Å². The highest BCUT2D eigenvalue weighted by atomic mass is 79.9. The van der Waals surface area contributed by atoms with Crippen LogP contribution in [-0.4, -0.2) is 8.42 Å². The summed E-state index contributed by atoms with van der Waals surface area (Å²) < 4.78 is 27.7. The molecule has 0 fully saturated rings. The first kappa shape index (κ1) is 16.7. The maximum Gasteiger partial charge on any atom is 0.264 e. The Balaban J connectivity index is 2.47. The third-order valence-corrected chi connectivity index (χ3v) is 5.22. The Hall–Kier alpha value is -0.660. The van der Waals surface area contributed by atoms with Gasteiger partial charge in [0.1, 0.15) is 4.90 Å². The Morgan fingerprint density at radius 2 is 1.62 bits per heavy atom. The zero-order valence-corrected chi connectivity index (χ0v) is 14.9. The van der Waals surface area contributed by atoms with Crippen molar-refractivity contribution < 1.29 is 8.42 Å². The molecule has 0 atom stereocenters. The van der Waals surface area contributed by atoms with Crippen molar-refractivity contribution >= 4 is 72.1 Å². The Morgan fingerprint density at radius 3 is 2.14 bits per heavy atom. The van der Waals surface area contributed by atoms with Gasteiger partial charge in [0.25, 0.3) is 10.0 Å². The SMILES string of the molecule is Nc1cc(Cl)ccc1S(=O)(=O)Nc1c(Cl)cc(Br)cc1Cl. The highest BCUT2D eigenvalue weighted by Crippen LogP contribution is 2.36. The number of nitrogens with two attached hydrogens (primary N) is 1. The van der Waals surface area contributed by atoms with E-state index in [0.717, 1.165) is 0 Å². The van der Waals surface area contributed by atoms with E-state index in [0.29, 0.717) is 9.50 Å². The Kier molecular flexibility index (Phi) is 4.95. The molecule has 0 aliphatic heterocycles. The number of halogens is 4. The summed E-state index contributed by atoms with van der Waals surface area (Å²) in [6, 6.07) is 7.13. The summed E-state index contributed by atoms with van der Waals surface area (Å²) in [5, 5.41) is 0.655. The molecular weight excluding hydrogens is 422 g/mol. The number of hydrogen-bond donors (Lipinski definition) is 2. The van der Waals surface area contributed by atoms with Gasteiger partial charge in [0.05, 0.1) is 21.4 Å². The number of anilines is 2. The molecular formula is C12H8BrCl3N2O2S. The van der Waals surface area contributed by atoms with Gasteiger partial charge in [-0.3, -0.25) is 4.72 Å². The van der Waals surface area contributed by atoms with Gasteiger partial charge in [-0.25, -0.2) is 8.42 Å². The van der Waals surface area contributed by atoms with E-state index in [1.165, 1.54) is 30.3 Å². The van der Waals surface area contributed by atoms with Gasteiger partial charge in [-0.1, -0.05) is 50.7 Å². The standard InChI is InChI=1S/C12H8BrCl3N2O2S/c13-6-3-8(15)12(9(16)4-6)18-21(19,20)11-2-1-7(14)5-10(11)17/h1-5,18H,17H2. The first-order valence-electron chi connectivity index (χ1n) is 5.43. The van der Waals surface area contributed by atoms with Crippen molar-refractivity contribution in [2.45, 2.75) is 4.90 Å². The van der Waals surface area contributed by atoms with Crippen LogP contribution in [0.5, 0.6) is 0 Å². The summed E-state index contributed by atoms with van der Waals surface area (Å²) in [6.07, 6.45) is 0. The molecule has 0 unspecified atom stereocenters. The Bertz CT molecular complexity index is 789. The van der Waals surface area contributed by atoms with Crippen LogP contribution in [0.2, 0.25) is 15.1 Å². The van der Waals surface area contributed by atoms with Crippen molar-refractivity contribution in [3.8, 4) is 0 Å². The maximum atomic E-state index is 12.4. The minimum absolute atomic E-state index is 0.0272. The second-order valence-corrected chi connectivity index (χ2v) is 7.85. The number of nitrogen functional groups attached to an aromatic ring is 1. The molecule has 0 saturated heterocycles. The van der Waals surface area contributed by atoms with E-state index in [-0.39, 0.29) is 26.3 Å². The summed E-state index contributed by atoms with van der Waals surface area (Å²) in [5.41, 5.74) is 5.79. The first-order valence-corrected chi connectivity index (χ1v) is 8.84. The summed E-state index contributed by atoms with van der Waals surface area (Å²) in [4.78, 5) is -0.109. The second-order valence-electron chi connectivity index (χ2n) is 4.03. The number of rotatable bonds is 3. The fourth-order valence-corrected chi connectivity index (χ4v) is 4.40. The molecule has 0 saturated carbocycles. The van der Waals surface area contributed by atoms with Gasteiger partial charge in [0.2, 0.25) is 0 Å². The number of nitrogens with one attached hydrogen (secondary N) is 1. The van der Waals surface area contributed by atoms with Crippen molar-refractivity contribution in [3.05, 3.63) is 49.9 Å². The summed E-state index contributed by atoms with van der Waals surface area (Å²) in [5.74, 6) is 0. The van der Waals surface area contributed by atoms with Crippen LogP contribution in [-0.2, 0) is 10.0 Å². The van der Waals surface area contributed by atoms with Crippen molar-refractivity contribution in [1.29, 1.82) is 0 Å². The topological polar surface area (TPSA) is 72.2 Å². The van der Waals surface area contributed by atoms with E-state index in [9.17, 15) is 8.42 Å². The lowest BCUT2D eigenvalue weighted by atomic mass is 10.3. The zero-order valence-electron chi connectivity index (χ0n) is 10.2. The molecule has 2 aromatic carbocycles. The van der Waals surface area contributed by atoms with Crippen LogP contribution >= 0.6 is 50.7 Å². The molecule has 0 amide bonds. The van der Waals surface area contributed by atoms with Crippen LogP contribution in [0.1, 0.15) is 0 Å². The quantitative estimate of drug-likeness (QED) is 0.688. The molecule has 0 bridgehead atoms. The van der Waals surface area contributed by atoms with Crippen molar-refractivity contribution in [3.63, 3.8) is 0 Å². The van der Waals surface area contributed by atoms with Crippen LogP contribution in [0.15, 0.2) is 39.7 Å². The maximum absolute atomic E-state index is 12.4. The van der Waals surface area contributed by atoms with Crippen LogP contribution in [0.4, 0.5) is 11.4 Å². The molecule has 3 N–H and O–H groups in total. The molecule has 0 radical (unpaired) electrons. The molecule has 112 valence electrons. The molecule has 0 heterocycles. The lowest BCUT2D eigenvalue weighted by molar-refractivity contribution is 0.601. The predicted octanol–water partition coefficient (Wildman–Crippen LogP) is 4.79. The highest BCUT2D eigenvalue weighted by Gasteiger charge is 2.20. The van der Waals surface area contributed by atoms with Crippen LogP contribution in [0, 0.1) is 0 Å². The molecule has 2 rings (SSSR count). The monoisotopic (exact) mass is 428 g/mol. The fraction of sp³-hybridized carbons (Fsp3) is 0. The van der Waals surface area contributed by atoms with Gasteiger partial charge in [0.15, 0.2) is 0 Å². The molecule has 0 aliphatic rings. The molecule has 0 aliphatic carbocycles. The average molecular weight is 431 g/mol. The van der Waals surface area contributed by atoms with Gasteiger partial charge in [-0.15, -0.1) is 0 Å². The Morgan fingerprint density at radius 1 is 1.05 bits per heavy atom. The molecule has 4 nitrogen and oxygen atoms in total. The van der Waals surface area contributed by atoms with E-state index >= 15 is 0 Å². The van der Waals surface area contributed by atoms with E-state index in [1.54, 1.807) is 0 Å². The summed E-state index contributed by atoms with van der Waals surface area (Å²) >= 11 is 21.0. The lowest BCUT2D eigenvalue weighted by Gasteiger charge is -2.13. The predicted molar refractivity (Wildman–Crippen MR) is 90.8 cm³/mol. The minimum Gasteiger partial charge on any atom is -0.398 e. The average Bonchev–Trinajstić information content (AvgIpc) is 2.33. The molecule has 2 aromatic rings.